The summed E-state index contributed by atoms with van der Waals surface area (Å²) in [7, 11) is -1.40. The average molecular weight is 267 g/mol. The number of hydrogen-bond donors (Lipinski definition) is 0. The van der Waals surface area contributed by atoms with E-state index in [2.05, 4.69) is 31.2 Å². The Bertz CT molecular complexity index is 507. The topological polar surface area (TPSA) is 37.4 Å². The number of likely N-dealkylation sites (N-methyl/N-ethyl adjacent to an activating group) is 1. The van der Waals surface area contributed by atoms with Crippen molar-refractivity contribution in [3.63, 3.8) is 0 Å². The van der Waals surface area contributed by atoms with E-state index in [0.29, 0.717) is 5.92 Å². The molecule has 2 atom stereocenters. The van der Waals surface area contributed by atoms with E-state index in [1.807, 2.05) is 0 Å². The van der Waals surface area contributed by atoms with Crippen LogP contribution in [0.2, 0.25) is 0 Å². The van der Waals surface area contributed by atoms with Crippen molar-refractivity contribution in [3.05, 3.63) is 35.4 Å². The van der Waals surface area contributed by atoms with Gasteiger partial charge in [0, 0.05) is 19.0 Å². The Kier molecular flexibility index (Phi) is 3.78. The second-order valence-electron chi connectivity index (χ2n) is 5.29. The van der Waals surface area contributed by atoms with Gasteiger partial charge in [-0.15, -0.1) is 0 Å². The Morgan fingerprint density at radius 3 is 2.33 bits per heavy atom. The third-order valence-corrected chi connectivity index (χ3v) is 5.29. The summed E-state index contributed by atoms with van der Waals surface area (Å²) in [5.41, 5.74) is 2.50. The van der Waals surface area contributed by atoms with Crippen LogP contribution in [-0.4, -0.2) is 32.1 Å². The van der Waals surface area contributed by atoms with Crippen LogP contribution in [0.25, 0.3) is 0 Å². The second-order valence-corrected chi connectivity index (χ2v) is 7.34. The lowest BCUT2D eigenvalue weighted by Gasteiger charge is -2.28. The summed E-state index contributed by atoms with van der Waals surface area (Å²) in [4.78, 5) is 0. The summed E-state index contributed by atoms with van der Waals surface area (Å²) in [6.07, 6.45) is 4.43. The summed E-state index contributed by atoms with van der Waals surface area (Å²) in [5, 5.41) is 0. The van der Waals surface area contributed by atoms with E-state index in [9.17, 15) is 8.42 Å². The van der Waals surface area contributed by atoms with Crippen LogP contribution in [0.1, 0.15) is 36.3 Å². The van der Waals surface area contributed by atoms with Gasteiger partial charge in [-0.25, -0.2) is 12.7 Å². The van der Waals surface area contributed by atoms with Gasteiger partial charge in [-0.2, -0.15) is 0 Å². The van der Waals surface area contributed by atoms with E-state index in [1.54, 1.807) is 11.4 Å². The lowest BCUT2D eigenvalue weighted by Crippen LogP contribution is -2.37. The number of sulfonamides is 1. The van der Waals surface area contributed by atoms with Gasteiger partial charge in [0.2, 0.25) is 10.0 Å². The minimum absolute atomic E-state index is 0.114. The smallest absolute Gasteiger partial charge is 0.211 e. The molecule has 0 radical (unpaired) electrons. The fourth-order valence-electron chi connectivity index (χ4n) is 2.82. The van der Waals surface area contributed by atoms with Crippen LogP contribution in [0.3, 0.4) is 0 Å². The Morgan fingerprint density at radius 1 is 1.17 bits per heavy atom. The summed E-state index contributed by atoms with van der Waals surface area (Å²) in [5.74, 6) is 0.338. The number of benzene rings is 1. The molecule has 0 heterocycles. The van der Waals surface area contributed by atoms with Gasteiger partial charge in [-0.3, -0.25) is 0 Å². The second kappa shape index (κ2) is 5.02. The van der Waals surface area contributed by atoms with E-state index >= 15 is 0 Å². The minimum atomic E-state index is -3.10. The van der Waals surface area contributed by atoms with Crippen molar-refractivity contribution < 1.29 is 8.42 Å². The highest BCUT2D eigenvalue weighted by Gasteiger charge is 2.34. The molecule has 0 N–H and O–H groups in total. The first-order valence-corrected chi connectivity index (χ1v) is 8.24. The lowest BCUT2D eigenvalue weighted by molar-refractivity contribution is 0.349. The maximum Gasteiger partial charge on any atom is 0.211 e. The van der Waals surface area contributed by atoms with Gasteiger partial charge in [0.05, 0.1) is 6.26 Å². The van der Waals surface area contributed by atoms with E-state index in [-0.39, 0.29) is 6.04 Å². The highest BCUT2D eigenvalue weighted by atomic mass is 32.2. The maximum absolute atomic E-state index is 11.7. The summed E-state index contributed by atoms with van der Waals surface area (Å²) in [6, 6.07) is 8.59. The lowest BCUT2D eigenvalue weighted by atomic mass is 9.93. The summed E-state index contributed by atoms with van der Waals surface area (Å²) in [6.45, 7) is 2.07. The molecule has 0 unspecified atom stereocenters. The van der Waals surface area contributed by atoms with E-state index in [4.69, 9.17) is 0 Å². The first kappa shape index (κ1) is 13.6. The van der Waals surface area contributed by atoms with Crippen molar-refractivity contribution >= 4 is 10.0 Å². The summed E-state index contributed by atoms with van der Waals surface area (Å²) < 4.78 is 24.9. The molecule has 0 spiro atoms. The van der Waals surface area contributed by atoms with Gasteiger partial charge in [0.15, 0.2) is 0 Å². The molecule has 1 fully saturated rings. The third kappa shape index (κ3) is 2.75. The van der Waals surface area contributed by atoms with Crippen molar-refractivity contribution in [1.82, 2.24) is 4.31 Å². The van der Waals surface area contributed by atoms with E-state index in [0.717, 1.165) is 19.3 Å². The number of aryl methyl sites for hydroxylation is 1. The molecule has 18 heavy (non-hydrogen) atoms. The Balaban J connectivity index is 2.25. The van der Waals surface area contributed by atoms with Crippen molar-refractivity contribution in [2.75, 3.05) is 13.3 Å². The Hall–Kier alpha value is -0.870. The SMILES string of the molecule is Cc1ccc([C@@H]2CCC[C@@H]2N(C)S(C)(=O)=O)cc1. The van der Waals surface area contributed by atoms with Crippen molar-refractivity contribution in [2.24, 2.45) is 0 Å². The Morgan fingerprint density at radius 2 is 1.78 bits per heavy atom. The van der Waals surface area contributed by atoms with E-state index in [1.165, 1.54) is 17.4 Å². The molecule has 0 aromatic heterocycles. The molecule has 1 aromatic carbocycles. The standard InChI is InChI=1S/C14H21NO2S/c1-11-7-9-12(10-8-11)13-5-4-6-14(13)15(2)18(3,16)17/h7-10,13-14H,4-6H2,1-3H3/t13-,14-/m0/s1. The maximum atomic E-state index is 11.7. The Labute approximate surface area is 110 Å². The fraction of sp³-hybridized carbons (Fsp3) is 0.571. The molecule has 4 heteroatoms. The van der Waals surface area contributed by atoms with Crippen molar-refractivity contribution in [3.8, 4) is 0 Å². The monoisotopic (exact) mass is 267 g/mol. The largest absolute Gasteiger partial charge is 0.213 e. The molecule has 0 bridgehead atoms. The quantitative estimate of drug-likeness (QED) is 0.844. The van der Waals surface area contributed by atoms with Crippen LogP contribution in [0.5, 0.6) is 0 Å². The molecule has 2 rings (SSSR count). The van der Waals surface area contributed by atoms with Crippen LogP contribution in [0.4, 0.5) is 0 Å². The van der Waals surface area contributed by atoms with Gasteiger partial charge in [0.1, 0.15) is 0 Å². The van der Waals surface area contributed by atoms with Crippen LogP contribution >= 0.6 is 0 Å². The van der Waals surface area contributed by atoms with Crippen molar-refractivity contribution in [1.29, 1.82) is 0 Å². The highest BCUT2D eigenvalue weighted by molar-refractivity contribution is 7.88. The molecule has 1 saturated carbocycles. The molecule has 0 amide bonds. The normalized spacial score (nSPS) is 24.7. The van der Waals surface area contributed by atoms with E-state index < -0.39 is 10.0 Å². The van der Waals surface area contributed by atoms with Crippen LogP contribution in [0.15, 0.2) is 24.3 Å². The highest BCUT2D eigenvalue weighted by Crippen LogP contribution is 2.38. The van der Waals surface area contributed by atoms with Crippen LogP contribution in [0, 0.1) is 6.92 Å². The molecule has 1 aromatic rings. The molecule has 0 saturated heterocycles. The number of hydrogen-bond acceptors (Lipinski definition) is 2. The molecule has 1 aliphatic rings. The van der Waals surface area contributed by atoms with Crippen molar-refractivity contribution in [2.45, 2.75) is 38.1 Å². The molecular weight excluding hydrogens is 246 g/mol. The zero-order valence-corrected chi connectivity index (χ0v) is 12.1. The minimum Gasteiger partial charge on any atom is -0.213 e. The molecule has 3 nitrogen and oxygen atoms in total. The van der Waals surface area contributed by atoms with Gasteiger partial charge < -0.3 is 0 Å². The van der Waals surface area contributed by atoms with Gasteiger partial charge >= 0.3 is 0 Å². The van der Waals surface area contributed by atoms with Gasteiger partial charge in [-0.1, -0.05) is 36.2 Å². The first-order valence-electron chi connectivity index (χ1n) is 6.39. The number of rotatable bonds is 3. The fourth-order valence-corrected chi connectivity index (χ4v) is 3.57. The van der Waals surface area contributed by atoms with Crippen LogP contribution < -0.4 is 0 Å². The predicted octanol–water partition coefficient (Wildman–Crippen LogP) is 2.52. The molecule has 0 aliphatic heterocycles. The third-order valence-electron chi connectivity index (χ3n) is 3.98. The number of nitrogens with zero attached hydrogens (tertiary/aromatic N) is 1. The molecule has 100 valence electrons. The van der Waals surface area contributed by atoms with Crippen LogP contribution in [-0.2, 0) is 10.0 Å². The van der Waals surface area contributed by atoms with Gasteiger partial charge in [0.25, 0.3) is 0 Å². The first-order chi connectivity index (χ1) is 8.39. The van der Waals surface area contributed by atoms with Gasteiger partial charge in [-0.05, 0) is 25.3 Å². The molecule has 1 aliphatic carbocycles. The predicted molar refractivity (Wildman–Crippen MR) is 74.2 cm³/mol. The molecular formula is C14H21NO2S. The zero-order valence-electron chi connectivity index (χ0n) is 11.3. The summed E-state index contributed by atoms with van der Waals surface area (Å²) >= 11 is 0. The average Bonchev–Trinajstić information content (AvgIpc) is 2.76. The zero-order chi connectivity index (χ0) is 13.3.